The van der Waals surface area contributed by atoms with E-state index < -0.39 is 20.0 Å². The summed E-state index contributed by atoms with van der Waals surface area (Å²) in [4.78, 5) is 4.22. The lowest BCUT2D eigenvalue weighted by Crippen LogP contribution is -2.40. The van der Waals surface area contributed by atoms with Crippen LogP contribution in [0.2, 0.25) is 0 Å². The Morgan fingerprint density at radius 2 is 1.63 bits per heavy atom. The highest BCUT2D eigenvalue weighted by Gasteiger charge is 2.26. The second-order valence-electron chi connectivity index (χ2n) is 5.96. The highest BCUT2D eigenvalue weighted by Crippen LogP contribution is 2.19. The van der Waals surface area contributed by atoms with E-state index in [1.54, 1.807) is 12.3 Å². The summed E-state index contributed by atoms with van der Waals surface area (Å²) in [7, 11) is -7.37. The first kappa shape index (κ1) is 19.9. The Labute approximate surface area is 159 Å². The number of nitrogens with one attached hydrogen (secondary N) is 1. The number of pyridine rings is 1. The maximum absolute atomic E-state index is 12.6. The molecule has 1 N–H and O–H groups in total. The zero-order valence-electron chi connectivity index (χ0n) is 14.6. The predicted molar refractivity (Wildman–Crippen MR) is 99.1 cm³/mol. The summed E-state index contributed by atoms with van der Waals surface area (Å²) in [5, 5.41) is 0. The van der Waals surface area contributed by atoms with Gasteiger partial charge in [-0.25, -0.2) is 21.6 Å². The van der Waals surface area contributed by atoms with Crippen molar-refractivity contribution in [2.24, 2.45) is 0 Å². The highest BCUT2D eigenvalue weighted by atomic mass is 32.2. The Kier molecular flexibility index (Phi) is 6.22. The van der Waals surface area contributed by atoms with Crippen molar-refractivity contribution in [2.45, 2.75) is 16.2 Å². The number of hydrogen-bond donors (Lipinski definition) is 1. The fourth-order valence-electron chi connectivity index (χ4n) is 2.67. The minimum absolute atomic E-state index is 0.0180. The van der Waals surface area contributed by atoms with E-state index in [0.29, 0.717) is 19.6 Å². The first-order chi connectivity index (χ1) is 12.9. The summed E-state index contributed by atoms with van der Waals surface area (Å²) in [6.07, 6.45) is 2.11. The van der Waals surface area contributed by atoms with Gasteiger partial charge in [-0.2, -0.15) is 4.31 Å². The zero-order chi connectivity index (χ0) is 19.3. The quantitative estimate of drug-likeness (QED) is 0.716. The zero-order valence-corrected chi connectivity index (χ0v) is 16.2. The van der Waals surface area contributed by atoms with Gasteiger partial charge in [0.05, 0.1) is 23.0 Å². The summed E-state index contributed by atoms with van der Waals surface area (Å²) in [6.45, 7) is 1.49. The molecule has 0 aliphatic carbocycles. The van der Waals surface area contributed by atoms with E-state index in [9.17, 15) is 16.8 Å². The van der Waals surface area contributed by atoms with Crippen molar-refractivity contribution >= 4 is 20.0 Å². The van der Waals surface area contributed by atoms with Crippen molar-refractivity contribution in [3.05, 3.63) is 54.4 Å². The molecule has 0 radical (unpaired) electrons. The minimum atomic E-state index is -3.72. The van der Waals surface area contributed by atoms with Crippen LogP contribution in [-0.4, -0.2) is 59.0 Å². The fraction of sp³-hybridized carbons (Fsp3) is 0.353. The van der Waals surface area contributed by atoms with E-state index in [1.807, 2.05) is 12.1 Å². The van der Waals surface area contributed by atoms with Crippen LogP contribution in [0, 0.1) is 0 Å². The molecule has 146 valence electrons. The van der Waals surface area contributed by atoms with Crippen LogP contribution in [0.5, 0.6) is 0 Å². The molecule has 1 fully saturated rings. The van der Waals surface area contributed by atoms with Crippen LogP contribution < -0.4 is 4.72 Å². The Bertz CT molecular complexity index is 955. The van der Waals surface area contributed by atoms with E-state index in [4.69, 9.17) is 4.74 Å². The van der Waals surface area contributed by atoms with Gasteiger partial charge >= 0.3 is 0 Å². The van der Waals surface area contributed by atoms with Crippen LogP contribution in [0.15, 0.2) is 58.5 Å². The average Bonchev–Trinajstić information content (AvgIpc) is 2.69. The predicted octanol–water partition coefficient (Wildman–Crippen LogP) is 0.624. The van der Waals surface area contributed by atoms with Gasteiger partial charge in [0.1, 0.15) is 0 Å². The van der Waals surface area contributed by atoms with Crippen LogP contribution in [0.4, 0.5) is 0 Å². The number of sulfonamides is 2. The number of nitrogens with zero attached hydrogens (tertiary/aromatic N) is 2. The van der Waals surface area contributed by atoms with Gasteiger partial charge in [-0.1, -0.05) is 6.07 Å². The molecule has 0 unspecified atom stereocenters. The lowest BCUT2D eigenvalue weighted by atomic mass is 10.3. The average molecular weight is 412 g/mol. The Hall–Kier alpha value is -1.85. The molecule has 1 saturated heterocycles. The molecule has 10 heteroatoms. The second-order valence-corrected chi connectivity index (χ2v) is 9.66. The van der Waals surface area contributed by atoms with Gasteiger partial charge in [-0.15, -0.1) is 0 Å². The molecule has 1 aromatic heterocycles. The summed E-state index contributed by atoms with van der Waals surface area (Å²) < 4.78 is 58.9. The maximum atomic E-state index is 12.6. The number of ether oxygens (including phenoxy) is 1. The molecule has 27 heavy (non-hydrogen) atoms. The summed E-state index contributed by atoms with van der Waals surface area (Å²) in [6, 6.07) is 10.7. The summed E-state index contributed by atoms with van der Waals surface area (Å²) in [5.41, 5.74) is 0.784. The van der Waals surface area contributed by atoms with Gasteiger partial charge in [-0.3, -0.25) is 4.98 Å². The third-order valence-corrected chi connectivity index (χ3v) is 7.53. The largest absolute Gasteiger partial charge is 0.379 e. The molecular formula is C17H21N3O5S2. The van der Waals surface area contributed by atoms with Crippen molar-refractivity contribution < 1.29 is 21.6 Å². The molecule has 0 amide bonds. The lowest BCUT2D eigenvalue weighted by molar-refractivity contribution is 0.0730. The van der Waals surface area contributed by atoms with Crippen LogP contribution in [0.25, 0.3) is 0 Å². The van der Waals surface area contributed by atoms with Crippen molar-refractivity contribution in [1.82, 2.24) is 14.0 Å². The van der Waals surface area contributed by atoms with Crippen LogP contribution >= 0.6 is 0 Å². The van der Waals surface area contributed by atoms with E-state index in [-0.39, 0.29) is 29.4 Å². The molecule has 2 aromatic rings. The molecule has 3 rings (SSSR count). The van der Waals surface area contributed by atoms with Gasteiger partial charge < -0.3 is 4.74 Å². The number of aromatic nitrogens is 1. The molecule has 0 saturated carbocycles. The van der Waals surface area contributed by atoms with E-state index in [0.717, 1.165) is 5.69 Å². The van der Waals surface area contributed by atoms with Gasteiger partial charge in [0.15, 0.2) is 0 Å². The Balaban J connectivity index is 1.66. The monoisotopic (exact) mass is 411 g/mol. The van der Waals surface area contributed by atoms with Crippen LogP contribution in [0.3, 0.4) is 0 Å². The topological polar surface area (TPSA) is 106 Å². The fourth-order valence-corrected chi connectivity index (χ4v) is 5.11. The standard InChI is InChI=1S/C17H21N3O5S2/c21-26(22,19-10-8-15-3-1-2-9-18-15)16-4-6-17(7-5-16)27(23,24)20-11-13-25-14-12-20/h1-7,9,19H,8,10-14H2. The van der Waals surface area contributed by atoms with Crippen LogP contribution in [0.1, 0.15) is 5.69 Å². The van der Waals surface area contributed by atoms with E-state index in [1.165, 1.54) is 28.6 Å². The molecule has 0 atom stereocenters. The molecule has 1 aromatic carbocycles. The Morgan fingerprint density at radius 3 is 2.26 bits per heavy atom. The van der Waals surface area contributed by atoms with Crippen molar-refractivity contribution in [3.8, 4) is 0 Å². The number of benzene rings is 1. The molecule has 0 spiro atoms. The van der Waals surface area contributed by atoms with Gasteiger partial charge in [0.25, 0.3) is 0 Å². The van der Waals surface area contributed by atoms with Crippen LogP contribution in [-0.2, 0) is 31.2 Å². The first-order valence-electron chi connectivity index (χ1n) is 8.47. The molecule has 2 heterocycles. The number of rotatable bonds is 7. The smallest absolute Gasteiger partial charge is 0.243 e. The third kappa shape index (κ3) is 4.90. The van der Waals surface area contributed by atoms with Gasteiger partial charge in [-0.05, 0) is 36.4 Å². The third-order valence-electron chi connectivity index (χ3n) is 4.14. The SMILES string of the molecule is O=S(=O)(NCCc1ccccn1)c1ccc(S(=O)(=O)N2CCOCC2)cc1. The molecule has 0 bridgehead atoms. The summed E-state index contributed by atoms with van der Waals surface area (Å²) >= 11 is 0. The second kappa shape index (κ2) is 8.44. The van der Waals surface area contributed by atoms with Crippen molar-refractivity contribution in [3.63, 3.8) is 0 Å². The minimum Gasteiger partial charge on any atom is -0.379 e. The van der Waals surface area contributed by atoms with Crippen molar-refractivity contribution in [1.29, 1.82) is 0 Å². The molecule has 8 nitrogen and oxygen atoms in total. The van der Waals surface area contributed by atoms with Gasteiger partial charge in [0, 0.05) is 37.9 Å². The van der Waals surface area contributed by atoms with Gasteiger partial charge in [0.2, 0.25) is 20.0 Å². The number of hydrogen-bond acceptors (Lipinski definition) is 6. The summed E-state index contributed by atoms with van der Waals surface area (Å²) in [5.74, 6) is 0. The molecule has 1 aliphatic rings. The highest BCUT2D eigenvalue weighted by molar-refractivity contribution is 7.89. The van der Waals surface area contributed by atoms with Crippen molar-refractivity contribution in [2.75, 3.05) is 32.8 Å². The molecule has 1 aliphatic heterocycles. The lowest BCUT2D eigenvalue weighted by Gasteiger charge is -2.26. The van der Waals surface area contributed by atoms with E-state index >= 15 is 0 Å². The maximum Gasteiger partial charge on any atom is 0.243 e. The Morgan fingerprint density at radius 1 is 0.963 bits per heavy atom. The molecular weight excluding hydrogens is 390 g/mol. The number of morpholine rings is 1. The van der Waals surface area contributed by atoms with E-state index in [2.05, 4.69) is 9.71 Å². The first-order valence-corrected chi connectivity index (χ1v) is 11.4. The normalized spacial score (nSPS) is 16.3.